The zero-order chi connectivity index (χ0) is 25.9. The van der Waals surface area contributed by atoms with E-state index in [0.717, 1.165) is 33.4 Å². The van der Waals surface area contributed by atoms with Gasteiger partial charge in [-0.15, -0.1) is 0 Å². The number of aldehydes is 1. The lowest BCUT2D eigenvalue weighted by Gasteiger charge is -2.19. The Morgan fingerprint density at radius 1 is 0.595 bits per heavy atom. The minimum atomic E-state index is -0.490. The molecule has 0 heterocycles. The molecule has 0 aromatic heterocycles. The Kier molecular flexibility index (Phi) is 6.09. The summed E-state index contributed by atoms with van der Waals surface area (Å²) in [4.78, 5) is 33.3. The Morgan fingerprint density at radius 2 is 0.973 bits per heavy atom. The summed E-state index contributed by atoms with van der Waals surface area (Å²) in [6, 6.07) is 26.8. The summed E-state index contributed by atoms with van der Waals surface area (Å²) in [6.07, 6.45) is 2.52. The predicted molar refractivity (Wildman–Crippen MR) is 143 cm³/mol. The molecule has 180 valence electrons. The lowest BCUT2D eigenvalue weighted by molar-refractivity contribution is -0.385. The van der Waals surface area contributed by atoms with E-state index in [1.54, 1.807) is 35.5 Å². The number of nitro groups is 2. The quantitative estimate of drug-likeness (QED) is 0.0814. The number of anilines is 2. The molecule has 5 aromatic rings. The number of hydrogen-bond donors (Lipinski definition) is 0. The number of nitro benzene ring substituents is 2. The number of carbonyl (C=O) groups excluding carboxylic acids is 1. The van der Waals surface area contributed by atoms with Crippen LogP contribution in [-0.2, 0) is 0 Å². The molecule has 0 radical (unpaired) electrons. The molecule has 5 rings (SSSR count). The van der Waals surface area contributed by atoms with Crippen molar-refractivity contribution < 1.29 is 14.6 Å². The summed E-state index contributed by atoms with van der Waals surface area (Å²) in [6.45, 7) is 0. The van der Waals surface area contributed by atoms with E-state index in [4.69, 9.17) is 5.10 Å². The van der Waals surface area contributed by atoms with Crippen LogP contribution in [-0.4, -0.2) is 22.3 Å². The van der Waals surface area contributed by atoms with Crippen molar-refractivity contribution in [3.05, 3.63) is 128 Å². The van der Waals surface area contributed by atoms with Gasteiger partial charge in [0.1, 0.15) is 0 Å². The van der Waals surface area contributed by atoms with Crippen molar-refractivity contribution in [1.82, 2.24) is 0 Å². The fraction of sp³-hybridized carbons (Fsp3) is 0. The second-order valence-electron chi connectivity index (χ2n) is 8.14. The molecule has 0 amide bonds. The van der Waals surface area contributed by atoms with Gasteiger partial charge in [-0.25, -0.2) is 5.01 Å². The maximum absolute atomic E-state index is 12.0. The third kappa shape index (κ3) is 4.37. The fourth-order valence-corrected chi connectivity index (χ4v) is 4.29. The van der Waals surface area contributed by atoms with Crippen LogP contribution in [0.3, 0.4) is 0 Å². The van der Waals surface area contributed by atoms with Crippen molar-refractivity contribution in [2.75, 3.05) is 5.01 Å². The predicted octanol–water partition coefficient (Wildman–Crippen LogP) is 6.79. The molecule has 0 aliphatic carbocycles. The topological polar surface area (TPSA) is 119 Å². The molecule has 0 saturated heterocycles. The number of hydrogen-bond acceptors (Lipinski definition) is 7. The van der Waals surface area contributed by atoms with Crippen molar-refractivity contribution in [1.29, 1.82) is 0 Å². The Balaban J connectivity index is 1.70. The van der Waals surface area contributed by atoms with Crippen LogP contribution in [0.15, 0.2) is 102 Å². The van der Waals surface area contributed by atoms with Crippen molar-refractivity contribution in [2.24, 2.45) is 5.10 Å². The van der Waals surface area contributed by atoms with Gasteiger partial charge in [-0.2, -0.15) is 5.10 Å². The van der Waals surface area contributed by atoms with Gasteiger partial charge in [0.15, 0.2) is 6.29 Å². The van der Waals surface area contributed by atoms with Crippen molar-refractivity contribution >= 4 is 56.8 Å². The average molecular weight is 490 g/mol. The SMILES string of the molecule is O=Cc1c2ccccc2c(C=NN(c2ccc([N+](=O)[O-])cc2)c2ccc([N+](=O)[O-])cc2)c2ccccc12. The molecule has 0 spiro atoms. The Bertz CT molecular complexity index is 1580. The summed E-state index contributed by atoms with van der Waals surface area (Å²) < 4.78 is 0. The highest BCUT2D eigenvalue weighted by Gasteiger charge is 2.15. The molecule has 9 nitrogen and oxygen atoms in total. The van der Waals surface area contributed by atoms with Gasteiger partial charge >= 0.3 is 0 Å². The van der Waals surface area contributed by atoms with Crippen LogP contribution >= 0.6 is 0 Å². The highest BCUT2D eigenvalue weighted by molar-refractivity contribution is 6.20. The lowest BCUT2D eigenvalue weighted by atomic mass is 9.93. The Morgan fingerprint density at radius 3 is 1.32 bits per heavy atom. The normalized spacial score (nSPS) is 11.1. The summed E-state index contributed by atoms with van der Waals surface area (Å²) in [5, 5.41) is 31.8. The summed E-state index contributed by atoms with van der Waals surface area (Å²) in [5.74, 6) is 0. The molecule has 0 saturated carbocycles. The standard InChI is InChI=1S/C28H18N4O5/c33-18-28-25-7-3-1-5-23(25)27(24-6-2-4-8-26(24)28)17-29-30(19-9-13-21(14-10-19)31(34)35)20-11-15-22(16-12-20)32(36)37/h1-18H. The van der Waals surface area contributed by atoms with Crippen molar-refractivity contribution in [2.45, 2.75) is 0 Å². The van der Waals surface area contributed by atoms with Gasteiger partial charge in [-0.05, 0) is 45.8 Å². The first-order valence-electron chi connectivity index (χ1n) is 11.2. The zero-order valence-corrected chi connectivity index (χ0v) is 19.2. The molecule has 0 aliphatic heterocycles. The third-order valence-electron chi connectivity index (χ3n) is 6.05. The van der Waals surface area contributed by atoms with Gasteiger partial charge in [0.25, 0.3) is 11.4 Å². The number of nitrogens with zero attached hydrogens (tertiary/aromatic N) is 4. The molecule has 37 heavy (non-hydrogen) atoms. The van der Waals surface area contributed by atoms with E-state index in [1.165, 1.54) is 24.3 Å². The van der Waals surface area contributed by atoms with Crippen LogP contribution in [0.25, 0.3) is 21.5 Å². The summed E-state index contributed by atoms with van der Waals surface area (Å²) >= 11 is 0. The van der Waals surface area contributed by atoms with E-state index < -0.39 is 9.85 Å². The van der Waals surface area contributed by atoms with E-state index >= 15 is 0 Å². The molecule has 0 N–H and O–H groups in total. The summed E-state index contributed by atoms with van der Waals surface area (Å²) in [5.41, 5.74) is 2.27. The van der Waals surface area contributed by atoms with Crippen LogP contribution in [0.4, 0.5) is 22.7 Å². The first-order valence-corrected chi connectivity index (χ1v) is 11.2. The van der Waals surface area contributed by atoms with Crippen LogP contribution in [0.5, 0.6) is 0 Å². The molecule has 9 heteroatoms. The van der Waals surface area contributed by atoms with Crippen LogP contribution in [0, 0.1) is 20.2 Å². The van der Waals surface area contributed by atoms with Gasteiger partial charge in [0.05, 0.1) is 27.4 Å². The van der Waals surface area contributed by atoms with Crippen LogP contribution < -0.4 is 5.01 Å². The largest absolute Gasteiger partial charge is 0.298 e. The van der Waals surface area contributed by atoms with Crippen molar-refractivity contribution in [3.8, 4) is 0 Å². The molecule has 0 fully saturated rings. The number of fused-ring (bicyclic) bond motifs is 2. The number of benzene rings is 5. The molecule has 5 aromatic carbocycles. The first kappa shape index (κ1) is 23.3. The van der Waals surface area contributed by atoms with Gasteiger partial charge < -0.3 is 0 Å². The highest BCUT2D eigenvalue weighted by Crippen LogP contribution is 2.33. The van der Waals surface area contributed by atoms with Gasteiger partial charge in [-0.3, -0.25) is 25.0 Å². The zero-order valence-electron chi connectivity index (χ0n) is 19.2. The molecule has 0 unspecified atom stereocenters. The van der Waals surface area contributed by atoms with E-state index in [1.807, 2.05) is 48.5 Å². The van der Waals surface area contributed by atoms with Gasteiger partial charge in [0, 0.05) is 35.4 Å². The third-order valence-corrected chi connectivity index (χ3v) is 6.05. The minimum Gasteiger partial charge on any atom is -0.298 e. The van der Waals surface area contributed by atoms with E-state index in [9.17, 15) is 25.0 Å². The number of rotatable bonds is 7. The lowest BCUT2D eigenvalue weighted by Crippen LogP contribution is -2.10. The Hall–Kier alpha value is -5.44. The number of non-ortho nitro benzene ring substituents is 2. The second kappa shape index (κ2) is 9.67. The molecular weight excluding hydrogens is 472 g/mol. The number of hydrazone groups is 1. The monoisotopic (exact) mass is 490 g/mol. The fourth-order valence-electron chi connectivity index (χ4n) is 4.29. The maximum atomic E-state index is 12.0. The smallest absolute Gasteiger partial charge is 0.269 e. The Labute approximate surface area is 210 Å². The maximum Gasteiger partial charge on any atom is 0.269 e. The average Bonchev–Trinajstić information content (AvgIpc) is 2.93. The van der Waals surface area contributed by atoms with E-state index in [2.05, 4.69) is 0 Å². The van der Waals surface area contributed by atoms with Crippen LogP contribution in [0.1, 0.15) is 15.9 Å². The first-order chi connectivity index (χ1) is 18.0. The molecular formula is C28H18N4O5. The number of carbonyl (C=O) groups is 1. The highest BCUT2D eigenvalue weighted by atomic mass is 16.6. The summed E-state index contributed by atoms with van der Waals surface area (Å²) in [7, 11) is 0. The molecule has 0 atom stereocenters. The molecule has 0 bridgehead atoms. The second-order valence-corrected chi connectivity index (χ2v) is 8.14. The minimum absolute atomic E-state index is 0.0715. The van der Waals surface area contributed by atoms with E-state index in [-0.39, 0.29) is 11.4 Å². The molecule has 0 aliphatic rings. The van der Waals surface area contributed by atoms with Gasteiger partial charge in [-0.1, -0.05) is 48.5 Å². The van der Waals surface area contributed by atoms with Crippen molar-refractivity contribution in [3.63, 3.8) is 0 Å². The van der Waals surface area contributed by atoms with Gasteiger partial charge in [0.2, 0.25) is 0 Å². The van der Waals surface area contributed by atoms with Crippen LogP contribution in [0.2, 0.25) is 0 Å². The van der Waals surface area contributed by atoms with E-state index in [0.29, 0.717) is 16.9 Å².